The van der Waals surface area contributed by atoms with Crippen LogP contribution >= 0.6 is 0 Å². The number of rotatable bonds is 6. The molecule has 4 aromatic rings. The average molecular weight is 428 g/mol. The van der Waals surface area contributed by atoms with Crippen LogP contribution in [0.4, 0.5) is 10.6 Å². The lowest BCUT2D eigenvalue weighted by molar-refractivity contribution is 0.248. The minimum Gasteiger partial charge on any atom is -0.366 e. The van der Waals surface area contributed by atoms with E-state index >= 15 is 0 Å². The number of carbonyl (C=O) groups excluding carboxylic acids is 1. The van der Waals surface area contributed by atoms with E-state index in [1.807, 2.05) is 53.1 Å². The van der Waals surface area contributed by atoms with E-state index < -0.39 is 6.03 Å². The van der Waals surface area contributed by atoms with Crippen molar-refractivity contribution in [3.8, 4) is 5.95 Å². The van der Waals surface area contributed by atoms with Crippen LogP contribution in [0.25, 0.3) is 16.9 Å². The highest BCUT2D eigenvalue weighted by molar-refractivity contribution is 5.83. The lowest BCUT2D eigenvalue weighted by Crippen LogP contribution is -2.30. The first-order valence-corrected chi connectivity index (χ1v) is 10.7. The number of amides is 2. The third-order valence-corrected chi connectivity index (χ3v) is 5.65. The van der Waals surface area contributed by atoms with Gasteiger partial charge >= 0.3 is 6.03 Å². The molecule has 3 heterocycles. The highest BCUT2D eigenvalue weighted by atomic mass is 16.2. The fraction of sp³-hybridized carbons (Fsp3) is 0.208. The van der Waals surface area contributed by atoms with E-state index in [1.54, 1.807) is 0 Å². The molecule has 0 aliphatic carbocycles. The Morgan fingerprint density at radius 3 is 2.72 bits per heavy atom. The maximum Gasteiger partial charge on any atom is 0.312 e. The summed E-state index contributed by atoms with van der Waals surface area (Å²) in [5.74, 6) is 1.41. The average Bonchev–Trinajstić information content (AvgIpc) is 3.20. The molecule has 0 fully saturated rings. The van der Waals surface area contributed by atoms with Crippen LogP contribution in [0, 0.1) is 0 Å². The topological polar surface area (TPSA) is 110 Å². The first kappa shape index (κ1) is 20.0. The van der Waals surface area contributed by atoms with E-state index in [-0.39, 0.29) is 0 Å². The second-order valence-corrected chi connectivity index (χ2v) is 7.81. The number of nitrogens with two attached hydrogens (primary N) is 1. The Balaban J connectivity index is 1.59. The standard InChI is InChI=1S/C24H25N7O/c25-23(32)28-14-18-12-17-8-4-5-9-21(17)31(18)24-29-20-10-11-26-15-19(20)22(30-24)27-13-16-6-2-1-3-7-16/h1-9,12,26H,10-11,13-15H2,(H3,25,28,32)(H,27,29,30). The molecule has 32 heavy (non-hydrogen) atoms. The molecule has 2 amide bonds. The highest BCUT2D eigenvalue weighted by Gasteiger charge is 2.20. The summed E-state index contributed by atoms with van der Waals surface area (Å²) in [5, 5.41) is 10.7. The molecule has 5 N–H and O–H groups in total. The SMILES string of the molecule is NC(=O)NCc1cc2ccccc2n1-c1nc2c(c(NCc3ccccc3)n1)CNCC2. The number of benzene rings is 2. The Kier molecular flexibility index (Phi) is 5.43. The molecule has 0 radical (unpaired) electrons. The van der Waals surface area contributed by atoms with Gasteiger partial charge in [0.1, 0.15) is 5.82 Å². The fourth-order valence-corrected chi connectivity index (χ4v) is 4.11. The minimum atomic E-state index is -0.565. The van der Waals surface area contributed by atoms with E-state index in [2.05, 4.69) is 28.1 Å². The van der Waals surface area contributed by atoms with E-state index in [0.29, 0.717) is 19.0 Å². The summed E-state index contributed by atoms with van der Waals surface area (Å²) in [5.41, 5.74) is 10.5. The van der Waals surface area contributed by atoms with Crippen LogP contribution in [0.15, 0.2) is 60.7 Å². The van der Waals surface area contributed by atoms with Gasteiger partial charge in [0.15, 0.2) is 0 Å². The number of carbonyl (C=O) groups is 1. The van der Waals surface area contributed by atoms with Gasteiger partial charge in [0, 0.05) is 42.7 Å². The molecular weight excluding hydrogens is 402 g/mol. The number of hydrogen-bond acceptors (Lipinski definition) is 5. The Morgan fingerprint density at radius 2 is 1.88 bits per heavy atom. The molecule has 0 saturated carbocycles. The predicted octanol–water partition coefficient (Wildman–Crippen LogP) is 2.85. The molecule has 2 aromatic carbocycles. The Labute approximate surface area is 185 Å². The summed E-state index contributed by atoms with van der Waals surface area (Å²) >= 11 is 0. The number of nitrogens with one attached hydrogen (secondary N) is 3. The number of primary amides is 1. The zero-order chi connectivity index (χ0) is 21.9. The molecule has 0 spiro atoms. The molecule has 0 bridgehead atoms. The molecule has 8 heteroatoms. The molecule has 8 nitrogen and oxygen atoms in total. The summed E-state index contributed by atoms with van der Waals surface area (Å²) in [6.07, 6.45) is 0.832. The summed E-state index contributed by atoms with van der Waals surface area (Å²) in [7, 11) is 0. The molecule has 0 saturated heterocycles. The summed E-state index contributed by atoms with van der Waals surface area (Å²) in [4.78, 5) is 21.2. The van der Waals surface area contributed by atoms with Crippen molar-refractivity contribution in [1.29, 1.82) is 0 Å². The first-order valence-electron chi connectivity index (χ1n) is 10.7. The smallest absolute Gasteiger partial charge is 0.312 e. The number of anilines is 1. The van der Waals surface area contributed by atoms with Crippen molar-refractivity contribution in [1.82, 2.24) is 25.2 Å². The van der Waals surface area contributed by atoms with Gasteiger partial charge in [-0.1, -0.05) is 48.5 Å². The summed E-state index contributed by atoms with van der Waals surface area (Å²) < 4.78 is 2.00. The van der Waals surface area contributed by atoms with Crippen molar-refractivity contribution in [3.05, 3.63) is 83.2 Å². The van der Waals surface area contributed by atoms with Crippen molar-refractivity contribution >= 4 is 22.8 Å². The molecule has 0 atom stereocenters. The van der Waals surface area contributed by atoms with Gasteiger partial charge in [0.25, 0.3) is 0 Å². The Hall–Kier alpha value is -3.91. The predicted molar refractivity (Wildman–Crippen MR) is 124 cm³/mol. The van der Waals surface area contributed by atoms with E-state index in [1.165, 1.54) is 5.56 Å². The van der Waals surface area contributed by atoms with Crippen LogP contribution in [0.3, 0.4) is 0 Å². The van der Waals surface area contributed by atoms with Gasteiger partial charge in [0.05, 0.1) is 17.8 Å². The number of aromatic nitrogens is 3. The number of para-hydroxylation sites is 1. The summed E-state index contributed by atoms with van der Waals surface area (Å²) in [6.45, 7) is 2.57. The molecular formula is C24H25N7O. The van der Waals surface area contributed by atoms with Gasteiger partial charge in [-0.25, -0.2) is 9.78 Å². The second-order valence-electron chi connectivity index (χ2n) is 7.81. The molecule has 0 unspecified atom stereocenters. The number of nitrogens with zero attached hydrogens (tertiary/aromatic N) is 3. The van der Waals surface area contributed by atoms with Gasteiger partial charge in [-0.2, -0.15) is 4.98 Å². The van der Waals surface area contributed by atoms with Gasteiger partial charge in [0.2, 0.25) is 5.95 Å². The van der Waals surface area contributed by atoms with E-state index in [9.17, 15) is 4.79 Å². The normalized spacial score (nSPS) is 13.0. The first-order chi connectivity index (χ1) is 15.7. The third kappa shape index (κ3) is 4.00. The van der Waals surface area contributed by atoms with Crippen LogP contribution in [0.5, 0.6) is 0 Å². The van der Waals surface area contributed by atoms with Crippen LogP contribution in [-0.4, -0.2) is 27.1 Å². The lowest BCUT2D eigenvalue weighted by Gasteiger charge is -2.22. The molecule has 1 aliphatic heterocycles. The van der Waals surface area contributed by atoms with E-state index in [4.69, 9.17) is 15.7 Å². The lowest BCUT2D eigenvalue weighted by atomic mass is 10.1. The van der Waals surface area contributed by atoms with Crippen molar-refractivity contribution in [2.45, 2.75) is 26.1 Å². The zero-order valence-corrected chi connectivity index (χ0v) is 17.6. The van der Waals surface area contributed by atoms with Crippen molar-refractivity contribution in [2.24, 2.45) is 5.73 Å². The number of fused-ring (bicyclic) bond motifs is 2. The number of hydrogen-bond donors (Lipinski definition) is 4. The Morgan fingerprint density at radius 1 is 1.06 bits per heavy atom. The van der Waals surface area contributed by atoms with Crippen molar-refractivity contribution in [2.75, 3.05) is 11.9 Å². The van der Waals surface area contributed by atoms with Gasteiger partial charge < -0.3 is 21.7 Å². The van der Waals surface area contributed by atoms with Gasteiger partial charge in [-0.15, -0.1) is 0 Å². The highest BCUT2D eigenvalue weighted by Crippen LogP contribution is 2.27. The molecule has 5 rings (SSSR count). The third-order valence-electron chi connectivity index (χ3n) is 5.65. The molecule has 1 aliphatic rings. The summed E-state index contributed by atoms with van der Waals surface area (Å²) in [6, 6.07) is 19.8. The quantitative estimate of drug-likeness (QED) is 0.378. The van der Waals surface area contributed by atoms with Gasteiger partial charge in [-0.3, -0.25) is 4.57 Å². The molecule has 162 valence electrons. The molecule has 2 aromatic heterocycles. The monoisotopic (exact) mass is 427 g/mol. The van der Waals surface area contributed by atoms with Crippen LogP contribution in [-0.2, 0) is 26.1 Å². The van der Waals surface area contributed by atoms with Gasteiger partial charge in [-0.05, 0) is 17.7 Å². The maximum absolute atomic E-state index is 11.4. The minimum absolute atomic E-state index is 0.290. The van der Waals surface area contributed by atoms with Crippen molar-refractivity contribution < 1.29 is 4.79 Å². The fourth-order valence-electron chi connectivity index (χ4n) is 4.11. The second kappa shape index (κ2) is 8.68. The van der Waals surface area contributed by atoms with E-state index in [0.717, 1.165) is 53.2 Å². The largest absolute Gasteiger partial charge is 0.366 e. The van der Waals surface area contributed by atoms with Crippen LogP contribution in [0.2, 0.25) is 0 Å². The number of urea groups is 1. The van der Waals surface area contributed by atoms with Crippen LogP contribution in [0.1, 0.15) is 22.5 Å². The maximum atomic E-state index is 11.4. The van der Waals surface area contributed by atoms with Crippen LogP contribution < -0.4 is 21.7 Å². The van der Waals surface area contributed by atoms with Crippen molar-refractivity contribution in [3.63, 3.8) is 0 Å². The zero-order valence-electron chi connectivity index (χ0n) is 17.6. The Bertz CT molecular complexity index is 1270.